The Kier molecular flexibility index (Phi) is 14.5. The summed E-state index contributed by atoms with van der Waals surface area (Å²) in [6.07, 6.45) is 9.92. The van der Waals surface area contributed by atoms with Gasteiger partial charge in [-0.25, -0.2) is 13.1 Å². The van der Waals surface area contributed by atoms with Gasteiger partial charge in [-0.15, -0.1) is 0 Å². The average Bonchev–Trinajstić information content (AvgIpc) is 2.62. The van der Waals surface area contributed by atoms with Crippen molar-refractivity contribution in [2.24, 2.45) is 0 Å². The fourth-order valence-electron chi connectivity index (χ4n) is 2.38. The number of carboxylic acids is 2. The van der Waals surface area contributed by atoms with Crippen LogP contribution in [0.1, 0.15) is 59.8 Å². The molecule has 0 saturated heterocycles. The molecule has 0 aliphatic carbocycles. The molecule has 0 aliphatic rings. The predicted molar refractivity (Wildman–Crippen MR) is 123 cm³/mol. The van der Waals surface area contributed by atoms with E-state index >= 15 is 0 Å². The lowest BCUT2D eigenvalue weighted by atomic mass is 10.1. The highest BCUT2D eigenvalue weighted by Crippen LogP contribution is 2.13. The van der Waals surface area contributed by atoms with Crippen molar-refractivity contribution in [1.29, 1.82) is 0 Å². The lowest BCUT2D eigenvalue weighted by molar-refractivity contribution is -0.138. The van der Waals surface area contributed by atoms with E-state index in [9.17, 15) is 23.1 Å². The highest BCUT2D eigenvalue weighted by Gasteiger charge is 2.24. The zero-order valence-electron chi connectivity index (χ0n) is 18.3. The van der Waals surface area contributed by atoms with Gasteiger partial charge < -0.3 is 10.2 Å². The van der Waals surface area contributed by atoms with Crippen LogP contribution in [-0.2, 0) is 19.6 Å². The van der Waals surface area contributed by atoms with Crippen molar-refractivity contribution in [1.82, 2.24) is 4.72 Å². The molecule has 0 bridgehead atoms. The van der Waals surface area contributed by atoms with Gasteiger partial charge in [-0.05, 0) is 53.4 Å². The summed E-state index contributed by atoms with van der Waals surface area (Å²) in [4.78, 5) is 21.8. The largest absolute Gasteiger partial charge is 0.481 e. The maximum absolute atomic E-state index is 11.8. The Morgan fingerprint density at radius 3 is 2.03 bits per heavy atom. The fraction of sp³-hybridized carbons (Fsp3) is 0.619. The second kappa shape index (κ2) is 15.3. The standard InChI is InChI=1S/C21H35NO6S2/c1-16(2)7-5-8-17(3)9-6-10-18(4)11-13-29-15-19(21(25)26)22-30(27,28)14-12-20(23)24/h7,9,11,19,22H,5-6,8,10,12-15H2,1-4H3,(H,23,24)(H,25,26). The van der Waals surface area contributed by atoms with E-state index in [2.05, 4.69) is 37.6 Å². The normalized spacial score (nSPS) is 13.7. The molecule has 7 nitrogen and oxygen atoms in total. The van der Waals surface area contributed by atoms with Crippen LogP contribution in [0.15, 0.2) is 34.9 Å². The number of carboxylic acid groups (broad SMARTS) is 2. The first-order valence-corrected chi connectivity index (χ1v) is 12.7. The monoisotopic (exact) mass is 461 g/mol. The van der Waals surface area contributed by atoms with Crippen LogP contribution in [0, 0.1) is 0 Å². The molecular formula is C21H35NO6S2. The Labute approximate surface area is 184 Å². The van der Waals surface area contributed by atoms with Gasteiger partial charge in [-0.3, -0.25) is 9.59 Å². The Morgan fingerprint density at radius 2 is 1.50 bits per heavy atom. The molecule has 0 spiro atoms. The first-order chi connectivity index (χ1) is 13.9. The molecule has 1 unspecified atom stereocenters. The molecular weight excluding hydrogens is 426 g/mol. The summed E-state index contributed by atoms with van der Waals surface area (Å²) in [7, 11) is -3.96. The van der Waals surface area contributed by atoms with E-state index in [1.54, 1.807) is 0 Å². The number of sulfonamides is 1. The molecule has 3 N–H and O–H groups in total. The van der Waals surface area contributed by atoms with Crippen molar-refractivity contribution in [3.05, 3.63) is 34.9 Å². The lowest BCUT2D eigenvalue weighted by Gasteiger charge is -2.13. The molecule has 0 aliphatic heterocycles. The summed E-state index contributed by atoms with van der Waals surface area (Å²) in [5, 5.41) is 17.8. The molecule has 0 aromatic rings. The highest BCUT2D eigenvalue weighted by atomic mass is 32.2. The maximum atomic E-state index is 11.8. The Bertz CT molecular complexity index is 749. The SMILES string of the molecule is CC(C)=CCCC(C)=CCCC(C)=CCSCC(NS(=O)(=O)CCC(=O)O)C(=O)O. The van der Waals surface area contributed by atoms with Gasteiger partial charge in [0.2, 0.25) is 10.0 Å². The van der Waals surface area contributed by atoms with Crippen molar-refractivity contribution in [3.8, 4) is 0 Å². The minimum absolute atomic E-state index is 0.0643. The Morgan fingerprint density at radius 1 is 0.933 bits per heavy atom. The first-order valence-electron chi connectivity index (χ1n) is 9.90. The molecule has 0 saturated carbocycles. The molecule has 0 radical (unpaired) electrons. The van der Waals surface area contributed by atoms with Crippen LogP contribution in [0.3, 0.4) is 0 Å². The molecule has 9 heteroatoms. The summed E-state index contributed by atoms with van der Waals surface area (Å²) in [6, 6.07) is -1.28. The van der Waals surface area contributed by atoms with Crippen LogP contribution < -0.4 is 4.72 Å². The fourth-order valence-corrected chi connectivity index (χ4v) is 4.66. The number of rotatable bonds is 16. The number of nitrogens with one attached hydrogen (secondary N) is 1. The number of hydrogen-bond donors (Lipinski definition) is 3. The smallest absolute Gasteiger partial charge is 0.322 e. The summed E-state index contributed by atoms with van der Waals surface area (Å²) in [5.41, 5.74) is 3.90. The predicted octanol–water partition coefficient (Wildman–Crippen LogP) is 3.99. The number of allylic oxidation sites excluding steroid dienone is 5. The lowest BCUT2D eigenvalue weighted by Crippen LogP contribution is -2.43. The topological polar surface area (TPSA) is 121 Å². The quantitative estimate of drug-likeness (QED) is 0.235. The van der Waals surface area contributed by atoms with E-state index < -0.39 is 40.2 Å². The molecule has 0 aromatic carbocycles. The van der Waals surface area contributed by atoms with Gasteiger partial charge in [0.25, 0.3) is 0 Å². The van der Waals surface area contributed by atoms with Crippen molar-refractivity contribution in [3.63, 3.8) is 0 Å². The van der Waals surface area contributed by atoms with Crippen LogP contribution in [0.2, 0.25) is 0 Å². The summed E-state index contributed by atoms with van der Waals surface area (Å²) < 4.78 is 25.7. The zero-order valence-corrected chi connectivity index (χ0v) is 19.9. The van der Waals surface area contributed by atoms with E-state index in [1.165, 1.54) is 28.5 Å². The molecule has 30 heavy (non-hydrogen) atoms. The molecule has 0 heterocycles. The van der Waals surface area contributed by atoms with Crippen LogP contribution in [-0.4, -0.2) is 53.9 Å². The molecule has 1 atom stereocenters. The van der Waals surface area contributed by atoms with Crippen molar-refractivity contribution >= 4 is 33.7 Å². The van der Waals surface area contributed by atoms with Crippen molar-refractivity contribution < 1.29 is 28.2 Å². The third kappa shape index (κ3) is 16.2. The number of hydrogen-bond acceptors (Lipinski definition) is 5. The first kappa shape index (κ1) is 28.4. The molecule has 0 amide bonds. The van der Waals surface area contributed by atoms with Crippen LogP contribution in [0.5, 0.6) is 0 Å². The maximum Gasteiger partial charge on any atom is 0.322 e. The van der Waals surface area contributed by atoms with E-state index in [4.69, 9.17) is 5.11 Å². The Hall–Kier alpha value is -1.58. The number of carbonyl (C=O) groups is 2. The van der Waals surface area contributed by atoms with E-state index in [1.807, 2.05) is 13.0 Å². The van der Waals surface area contributed by atoms with Gasteiger partial charge in [0.1, 0.15) is 6.04 Å². The van der Waals surface area contributed by atoms with Gasteiger partial charge in [0.05, 0.1) is 12.2 Å². The van der Waals surface area contributed by atoms with Gasteiger partial charge in [0.15, 0.2) is 0 Å². The third-order valence-electron chi connectivity index (χ3n) is 4.16. The summed E-state index contributed by atoms with van der Waals surface area (Å²) in [6.45, 7) is 8.35. The number of aliphatic carboxylic acids is 2. The summed E-state index contributed by atoms with van der Waals surface area (Å²) in [5.74, 6) is -2.53. The molecule has 0 fully saturated rings. The van der Waals surface area contributed by atoms with Gasteiger partial charge in [0, 0.05) is 11.5 Å². The molecule has 0 aromatic heterocycles. The van der Waals surface area contributed by atoms with E-state index in [0.29, 0.717) is 5.75 Å². The Balaban J connectivity index is 4.36. The summed E-state index contributed by atoms with van der Waals surface area (Å²) >= 11 is 1.31. The number of thioether (sulfide) groups is 1. The van der Waals surface area contributed by atoms with Crippen molar-refractivity contribution in [2.45, 2.75) is 65.8 Å². The van der Waals surface area contributed by atoms with Gasteiger partial charge in [-0.1, -0.05) is 34.9 Å². The second-order valence-corrected chi connectivity index (χ2v) is 10.4. The highest BCUT2D eigenvalue weighted by molar-refractivity contribution is 7.99. The van der Waals surface area contributed by atoms with Crippen molar-refractivity contribution in [2.75, 3.05) is 17.3 Å². The minimum atomic E-state index is -3.96. The average molecular weight is 462 g/mol. The molecule has 0 rings (SSSR count). The van der Waals surface area contributed by atoms with Gasteiger partial charge in [-0.2, -0.15) is 11.8 Å². The van der Waals surface area contributed by atoms with E-state index in [-0.39, 0.29) is 5.75 Å². The van der Waals surface area contributed by atoms with Crippen LogP contribution in [0.4, 0.5) is 0 Å². The van der Waals surface area contributed by atoms with E-state index in [0.717, 1.165) is 25.7 Å². The minimum Gasteiger partial charge on any atom is -0.481 e. The third-order valence-corrected chi connectivity index (χ3v) is 6.52. The zero-order chi connectivity index (χ0) is 23.2. The second-order valence-electron chi connectivity index (χ2n) is 7.47. The van der Waals surface area contributed by atoms with Gasteiger partial charge >= 0.3 is 11.9 Å². The van der Waals surface area contributed by atoms with Crippen LogP contribution in [0.25, 0.3) is 0 Å². The molecule has 172 valence electrons. The van der Waals surface area contributed by atoms with Crippen LogP contribution >= 0.6 is 11.8 Å².